The molecule has 1 aliphatic carbocycles. The Balaban J connectivity index is 3.20. The standard InChI is InChI=1S/C18H26O5/c1-5-22-16(20)18(17(21)23-6-2)11-14(4)10-15(12-18)9-13(3)7-8-19/h8-10,13H,5-7,11-12H2,1-4H3/b15-9-. The number of ether oxygens (including phenoxy) is 2. The van der Waals surface area contributed by atoms with E-state index in [2.05, 4.69) is 0 Å². The van der Waals surface area contributed by atoms with Crippen LogP contribution in [0.1, 0.15) is 47.0 Å². The minimum Gasteiger partial charge on any atom is -0.465 e. The van der Waals surface area contributed by atoms with Crippen LogP contribution in [0.5, 0.6) is 0 Å². The van der Waals surface area contributed by atoms with Crippen LogP contribution < -0.4 is 0 Å². The molecule has 5 heteroatoms. The van der Waals surface area contributed by atoms with Gasteiger partial charge in [-0.25, -0.2) is 0 Å². The molecule has 0 spiro atoms. The van der Waals surface area contributed by atoms with Gasteiger partial charge in [-0.15, -0.1) is 0 Å². The first kappa shape index (κ1) is 19.1. The van der Waals surface area contributed by atoms with Gasteiger partial charge in [-0.3, -0.25) is 9.59 Å². The van der Waals surface area contributed by atoms with Crippen LogP contribution in [-0.4, -0.2) is 31.4 Å². The summed E-state index contributed by atoms with van der Waals surface area (Å²) in [4.78, 5) is 35.7. The zero-order chi connectivity index (χ0) is 17.5. The van der Waals surface area contributed by atoms with Gasteiger partial charge in [-0.1, -0.05) is 30.2 Å². The molecule has 0 radical (unpaired) electrons. The average molecular weight is 322 g/mol. The Morgan fingerprint density at radius 2 is 1.78 bits per heavy atom. The molecule has 0 saturated carbocycles. The Morgan fingerprint density at radius 1 is 1.22 bits per heavy atom. The molecule has 5 nitrogen and oxygen atoms in total. The third-order valence-electron chi connectivity index (χ3n) is 3.82. The van der Waals surface area contributed by atoms with E-state index in [4.69, 9.17) is 9.47 Å². The van der Waals surface area contributed by atoms with Gasteiger partial charge in [0.15, 0.2) is 5.41 Å². The Kier molecular flexibility index (Phi) is 7.20. The van der Waals surface area contributed by atoms with Crippen molar-refractivity contribution in [1.82, 2.24) is 0 Å². The first-order valence-electron chi connectivity index (χ1n) is 8.05. The third kappa shape index (κ3) is 4.78. The van der Waals surface area contributed by atoms with E-state index in [0.29, 0.717) is 12.8 Å². The maximum atomic E-state index is 12.5. The molecule has 1 atom stereocenters. The van der Waals surface area contributed by atoms with Gasteiger partial charge in [-0.05, 0) is 39.5 Å². The van der Waals surface area contributed by atoms with E-state index >= 15 is 0 Å². The zero-order valence-electron chi connectivity index (χ0n) is 14.4. The topological polar surface area (TPSA) is 69.7 Å². The van der Waals surface area contributed by atoms with Crippen molar-refractivity contribution in [2.45, 2.75) is 47.0 Å². The molecule has 0 fully saturated rings. The highest BCUT2D eigenvalue weighted by Gasteiger charge is 2.50. The van der Waals surface area contributed by atoms with E-state index in [9.17, 15) is 14.4 Å². The SMILES string of the molecule is CCOC(=O)C1(C(=O)OCC)CC(C)=C/C(=C/C(C)CC=O)C1. The van der Waals surface area contributed by atoms with Crippen molar-refractivity contribution in [3.8, 4) is 0 Å². The van der Waals surface area contributed by atoms with Crippen LogP contribution in [0.4, 0.5) is 0 Å². The quantitative estimate of drug-likeness (QED) is 0.409. The van der Waals surface area contributed by atoms with Crippen LogP contribution in [-0.2, 0) is 23.9 Å². The van der Waals surface area contributed by atoms with E-state index in [-0.39, 0.29) is 25.6 Å². The maximum Gasteiger partial charge on any atom is 0.324 e. The van der Waals surface area contributed by atoms with Crippen molar-refractivity contribution < 1.29 is 23.9 Å². The molecule has 0 heterocycles. The highest BCUT2D eigenvalue weighted by atomic mass is 16.6. The molecule has 0 N–H and O–H groups in total. The van der Waals surface area contributed by atoms with Gasteiger partial charge in [0.1, 0.15) is 6.29 Å². The first-order chi connectivity index (χ1) is 10.9. The number of rotatable bonds is 7. The van der Waals surface area contributed by atoms with Crippen LogP contribution in [0.15, 0.2) is 23.3 Å². The maximum absolute atomic E-state index is 12.5. The Labute approximate surface area is 137 Å². The molecule has 0 aliphatic heterocycles. The summed E-state index contributed by atoms with van der Waals surface area (Å²) in [6, 6.07) is 0. The molecule has 0 aromatic heterocycles. The summed E-state index contributed by atoms with van der Waals surface area (Å²) < 4.78 is 10.3. The third-order valence-corrected chi connectivity index (χ3v) is 3.82. The predicted molar refractivity (Wildman–Crippen MR) is 86.6 cm³/mol. The summed E-state index contributed by atoms with van der Waals surface area (Å²) in [5.41, 5.74) is 0.462. The van der Waals surface area contributed by atoms with E-state index < -0.39 is 17.4 Å². The highest BCUT2D eigenvalue weighted by molar-refractivity contribution is 6.01. The highest BCUT2D eigenvalue weighted by Crippen LogP contribution is 2.41. The average Bonchev–Trinajstić information content (AvgIpc) is 2.47. The minimum absolute atomic E-state index is 0.0479. The molecule has 128 valence electrons. The number of carbonyl (C=O) groups excluding carboxylic acids is 3. The summed E-state index contributed by atoms with van der Waals surface area (Å²) in [7, 11) is 0. The molecule has 0 amide bonds. The zero-order valence-corrected chi connectivity index (χ0v) is 14.4. The summed E-state index contributed by atoms with van der Waals surface area (Å²) in [5, 5.41) is 0. The molecule has 1 aliphatic rings. The molecule has 0 saturated heterocycles. The number of esters is 2. The monoisotopic (exact) mass is 322 g/mol. The molecular formula is C18H26O5. The smallest absolute Gasteiger partial charge is 0.324 e. The van der Waals surface area contributed by atoms with Crippen molar-refractivity contribution in [3.63, 3.8) is 0 Å². The molecule has 1 unspecified atom stereocenters. The van der Waals surface area contributed by atoms with Crippen LogP contribution >= 0.6 is 0 Å². The Bertz CT molecular complexity index is 498. The lowest BCUT2D eigenvalue weighted by Crippen LogP contribution is -2.44. The van der Waals surface area contributed by atoms with Gasteiger partial charge in [-0.2, -0.15) is 0 Å². The van der Waals surface area contributed by atoms with Crippen molar-refractivity contribution in [2.24, 2.45) is 11.3 Å². The van der Waals surface area contributed by atoms with E-state index in [1.807, 2.05) is 26.0 Å². The van der Waals surface area contributed by atoms with E-state index in [1.54, 1.807) is 13.8 Å². The second-order valence-electron chi connectivity index (χ2n) is 5.99. The fourth-order valence-electron chi connectivity index (χ4n) is 2.91. The lowest BCUT2D eigenvalue weighted by atomic mass is 9.72. The summed E-state index contributed by atoms with van der Waals surface area (Å²) >= 11 is 0. The van der Waals surface area contributed by atoms with Crippen LogP contribution in [0.3, 0.4) is 0 Å². The largest absolute Gasteiger partial charge is 0.465 e. The fourth-order valence-corrected chi connectivity index (χ4v) is 2.91. The van der Waals surface area contributed by atoms with Gasteiger partial charge in [0.05, 0.1) is 13.2 Å². The van der Waals surface area contributed by atoms with E-state index in [0.717, 1.165) is 17.4 Å². The second kappa shape index (κ2) is 8.65. The predicted octanol–water partition coefficient (Wildman–Crippen LogP) is 2.99. The Morgan fingerprint density at radius 3 is 2.26 bits per heavy atom. The Hall–Kier alpha value is -1.91. The van der Waals surface area contributed by atoms with Crippen molar-refractivity contribution in [2.75, 3.05) is 13.2 Å². The molecule has 0 aromatic carbocycles. The van der Waals surface area contributed by atoms with Crippen LogP contribution in [0, 0.1) is 11.3 Å². The van der Waals surface area contributed by atoms with Gasteiger partial charge in [0.25, 0.3) is 0 Å². The summed E-state index contributed by atoms with van der Waals surface area (Å²) in [5.74, 6) is -1.04. The molecule has 0 bridgehead atoms. The van der Waals surface area contributed by atoms with Gasteiger partial charge < -0.3 is 14.3 Å². The number of allylic oxidation sites excluding steroid dienone is 4. The molecule has 1 rings (SSSR count). The summed E-state index contributed by atoms with van der Waals surface area (Å²) in [6.45, 7) is 7.66. The van der Waals surface area contributed by atoms with E-state index in [1.165, 1.54) is 0 Å². The number of aldehydes is 1. The number of hydrogen-bond donors (Lipinski definition) is 0. The van der Waals surface area contributed by atoms with Crippen LogP contribution in [0.25, 0.3) is 0 Å². The summed E-state index contributed by atoms with van der Waals surface area (Å²) in [6.07, 6.45) is 5.71. The number of hydrogen-bond acceptors (Lipinski definition) is 5. The minimum atomic E-state index is -1.32. The first-order valence-corrected chi connectivity index (χ1v) is 8.05. The second-order valence-corrected chi connectivity index (χ2v) is 5.99. The van der Waals surface area contributed by atoms with Crippen molar-refractivity contribution in [3.05, 3.63) is 23.3 Å². The van der Waals surface area contributed by atoms with Gasteiger partial charge in [0.2, 0.25) is 0 Å². The van der Waals surface area contributed by atoms with Gasteiger partial charge >= 0.3 is 11.9 Å². The molecule has 0 aromatic rings. The fraction of sp³-hybridized carbons (Fsp3) is 0.611. The molecule has 23 heavy (non-hydrogen) atoms. The lowest BCUT2D eigenvalue weighted by Gasteiger charge is -2.33. The molecular weight excluding hydrogens is 296 g/mol. The normalized spacial score (nSPS) is 19.7. The number of carbonyl (C=O) groups is 3. The lowest BCUT2D eigenvalue weighted by molar-refractivity contribution is -0.172. The van der Waals surface area contributed by atoms with Crippen molar-refractivity contribution in [1.29, 1.82) is 0 Å². The van der Waals surface area contributed by atoms with Gasteiger partial charge in [0, 0.05) is 6.42 Å². The van der Waals surface area contributed by atoms with Crippen LogP contribution in [0.2, 0.25) is 0 Å². The van der Waals surface area contributed by atoms with Crippen molar-refractivity contribution >= 4 is 18.2 Å².